The van der Waals surface area contributed by atoms with E-state index < -0.39 is 0 Å². The number of hydrogen-bond donors (Lipinski definition) is 1. The van der Waals surface area contributed by atoms with E-state index in [0.29, 0.717) is 0 Å². The standard InChI is InChI=1S/C14H17NS/c15-14(8-2-1-3-9-14)12-6-4-5-11-7-10-16-13(11)12/h4-7,10H,1-3,8-9,15H2. The van der Waals surface area contributed by atoms with Gasteiger partial charge in [0.15, 0.2) is 0 Å². The molecule has 1 aliphatic rings. The van der Waals surface area contributed by atoms with Crippen LogP contribution >= 0.6 is 11.3 Å². The van der Waals surface area contributed by atoms with Gasteiger partial charge in [-0.25, -0.2) is 0 Å². The van der Waals surface area contributed by atoms with Crippen molar-refractivity contribution in [2.24, 2.45) is 5.73 Å². The normalized spacial score (nSPS) is 20.1. The Labute approximate surface area is 100 Å². The monoisotopic (exact) mass is 231 g/mol. The zero-order chi connectivity index (χ0) is 11.0. The third-order valence-electron chi connectivity index (χ3n) is 3.76. The van der Waals surface area contributed by atoms with Crippen molar-refractivity contribution in [3.63, 3.8) is 0 Å². The molecule has 3 rings (SSSR count). The molecule has 1 aromatic carbocycles. The third-order valence-corrected chi connectivity index (χ3v) is 4.72. The Morgan fingerprint density at radius 1 is 1.06 bits per heavy atom. The highest BCUT2D eigenvalue weighted by molar-refractivity contribution is 7.17. The summed E-state index contributed by atoms with van der Waals surface area (Å²) in [7, 11) is 0. The molecule has 2 aromatic rings. The molecule has 0 unspecified atom stereocenters. The minimum absolute atomic E-state index is 0.0669. The van der Waals surface area contributed by atoms with Gasteiger partial charge in [0.05, 0.1) is 0 Å². The zero-order valence-electron chi connectivity index (χ0n) is 9.41. The van der Waals surface area contributed by atoms with E-state index >= 15 is 0 Å². The van der Waals surface area contributed by atoms with Crippen molar-refractivity contribution < 1.29 is 0 Å². The predicted molar refractivity (Wildman–Crippen MR) is 70.8 cm³/mol. The van der Waals surface area contributed by atoms with Gasteiger partial charge in [0, 0.05) is 10.2 Å². The summed E-state index contributed by atoms with van der Waals surface area (Å²) >= 11 is 1.83. The van der Waals surface area contributed by atoms with Gasteiger partial charge in [-0.15, -0.1) is 11.3 Å². The number of nitrogens with two attached hydrogens (primary N) is 1. The second-order valence-corrected chi connectivity index (χ2v) is 5.78. The Hall–Kier alpha value is -0.860. The first-order valence-corrected chi connectivity index (χ1v) is 6.93. The smallest absolute Gasteiger partial charge is 0.0423 e. The summed E-state index contributed by atoms with van der Waals surface area (Å²) in [4.78, 5) is 0. The van der Waals surface area contributed by atoms with Crippen molar-refractivity contribution in [2.45, 2.75) is 37.6 Å². The van der Waals surface area contributed by atoms with Gasteiger partial charge >= 0.3 is 0 Å². The fourth-order valence-corrected chi connectivity index (χ4v) is 3.86. The summed E-state index contributed by atoms with van der Waals surface area (Å²) in [6.07, 6.45) is 6.18. The molecule has 1 saturated carbocycles. The molecule has 1 aliphatic carbocycles. The lowest BCUT2D eigenvalue weighted by atomic mass is 9.77. The van der Waals surface area contributed by atoms with Crippen molar-refractivity contribution in [2.75, 3.05) is 0 Å². The molecule has 0 spiro atoms. The molecule has 2 heteroatoms. The third kappa shape index (κ3) is 1.57. The topological polar surface area (TPSA) is 26.0 Å². The SMILES string of the molecule is NC1(c2cccc3ccsc23)CCCCC1. The summed E-state index contributed by atoms with van der Waals surface area (Å²) in [5, 5.41) is 3.51. The molecule has 84 valence electrons. The summed E-state index contributed by atoms with van der Waals surface area (Å²) in [5.41, 5.74) is 7.92. The van der Waals surface area contributed by atoms with Crippen LogP contribution in [-0.4, -0.2) is 0 Å². The van der Waals surface area contributed by atoms with E-state index in [1.54, 1.807) is 0 Å². The van der Waals surface area contributed by atoms with E-state index in [1.807, 2.05) is 11.3 Å². The number of benzene rings is 1. The van der Waals surface area contributed by atoms with Gasteiger partial charge in [0.2, 0.25) is 0 Å². The number of thiophene rings is 1. The maximum absolute atomic E-state index is 6.61. The van der Waals surface area contributed by atoms with Crippen LogP contribution in [0.3, 0.4) is 0 Å². The highest BCUT2D eigenvalue weighted by Crippen LogP contribution is 2.39. The molecule has 0 amide bonds. The maximum atomic E-state index is 6.61. The van der Waals surface area contributed by atoms with Crippen LogP contribution in [0.15, 0.2) is 29.6 Å². The molecule has 0 radical (unpaired) electrons. The Bertz CT molecular complexity index is 494. The summed E-state index contributed by atoms with van der Waals surface area (Å²) in [5.74, 6) is 0. The van der Waals surface area contributed by atoms with Gasteiger partial charge in [-0.1, -0.05) is 37.5 Å². The first-order chi connectivity index (χ1) is 7.80. The van der Waals surface area contributed by atoms with E-state index in [9.17, 15) is 0 Å². The molecule has 0 saturated heterocycles. The maximum Gasteiger partial charge on any atom is 0.0423 e. The average molecular weight is 231 g/mol. The van der Waals surface area contributed by atoms with Gasteiger partial charge in [-0.3, -0.25) is 0 Å². The molecule has 1 fully saturated rings. The van der Waals surface area contributed by atoms with Crippen molar-refractivity contribution in [1.29, 1.82) is 0 Å². The van der Waals surface area contributed by atoms with Gasteiger partial charge in [0.1, 0.15) is 0 Å². The van der Waals surface area contributed by atoms with Crippen LogP contribution in [0.2, 0.25) is 0 Å². The van der Waals surface area contributed by atoms with Crippen LogP contribution < -0.4 is 5.73 Å². The van der Waals surface area contributed by atoms with Crippen LogP contribution in [0.1, 0.15) is 37.7 Å². The average Bonchev–Trinajstić information content (AvgIpc) is 2.77. The number of rotatable bonds is 1. The van der Waals surface area contributed by atoms with E-state index in [4.69, 9.17) is 5.73 Å². The molecule has 0 atom stereocenters. The van der Waals surface area contributed by atoms with Gasteiger partial charge in [-0.05, 0) is 35.2 Å². The quantitative estimate of drug-likeness (QED) is 0.788. The second kappa shape index (κ2) is 3.86. The van der Waals surface area contributed by atoms with Crippen LogP contribution in [0, 0.1) is 0 Å². The molecule has 0 bridgehead atoms. The lowest BCUT2D eigenvalue weighted by Gasteiger charge is -2.34. The Kier molecular flexibility index (Phi) is 2.49. The van der Waals surface area contributed by atoms with Crippen LogP contribution in [0.5, 0.6) is 0 Å². The van der Waals surface area contributed by atoms with Crippen LogP contribution in [0.25, 0.3) is 10.1 Å². The molecular weight excluding hydrogens is 214 g/mol. The molecule has 0 aliphatic heterocycles. The fourth-order valence-electron chi connectivity index (χ4n) is 2.84. The molecule has 1 nitrogen and oxygen atoms in total. The van der Waals surface area contributed by atoms with Gasteiger partial charge in [0.25, 0.3) is 0 Å². The number of fused-ring (bicyclic) bond motifs is 1. The largest absolute Gasteiger partial charge is 0.321 e. The van der Waals surface area contributed by atoms with E-state index in [-0.39, 0.29) is 5.54 Å². The minimum atomic E-state index is -0.0669. The fraction of sp³-hybridized carbons (Fsp3) is 0.429. The summed E-state index contributed by atoms with van der Waals surface area (Å²) in [6.45, 7) is 0. The first kappa shape index (κ1) is 10.3. The van der Waals surface area contributed by atoms with E-state index in [2.05, 4.69) is 29.6 Å². The molecule has 16 heavy (non-hydrogen) atoms. The van der Waals surface area contributed by atoms with Crippen molar-refractivity contribution in [1.82, 2.24) is 0 Å². The first-order valence-electron chi connectivity index (χ1n) is 6.05. The molecule has 1 aromatic heterocycles. The van der Waals surface area contributed by atoms with Gasteiger partial charge < -0.3 is 5.73 Å². The van der Waals surface area contributed by atoms with Crippen molar-refractivity contribution in [3.05, 3.63) is 35.2 Å². The lowest BCUT2D eigenvalue weighted by molar-refractivity contribution is 0.305. The predicted octanol–water partition coefficient (Wildman–Crippen LogP) is 4.02. The van der Waals surface area contributed by atoms with E-state index in [1.165, 1.54) is 34.9 Å². The Morgan fingerprint density at radius 2 is 1.88 bits per heavy atom. The summed E-state index contributed by atoms with van der Waals surface area (Å²) < 4.78 is 1.40. The highest BCUT2D eigenvalue weighted by atomic mass is 32.1. The second-order valence-electron chi connectivity index (χ2n) is 4.86. The summed E-state index contributed by atoms with van der Waals surface area (Å²) in [6, 6.07) is 8.75. The Balaban J connectivity index is 2.13. The van der Waals surface area contributed by atoms with Crippen molar-refractivity contribution in [3.8, 4) is 0 Å². The minimum Gasteiger partial charge on any atom is -0.321 e. The molecular formula is C14H17NS. The number of hydrogen-bond acceptors (Lipinski definition) is 2. The highest BCUT2D eigenvalue weighted by Gasteiger charge is 2.30. The van der Waals surface area contributed by atoms with Crippen LogP contribution in [0.4, 0.5) is 0 Å². The molecule has 1 heterocycles. The Morgan fingerprint density at radius 3 is 2.69 bits per heavy atom. The zero-order valence-corrected chi connectivity index (χ0v) is 10.2. The van der Waals surface area contributed by atoms with E-state index in [0.717, 1.165) is 12.8 Å². The molecule has 2 N–H and O–H groups in total. The van der Waals surface area contributed by atoms with Crippen LogP contribution in [-0.2, 0) is 5.54 Å². The van der Waals surface area contributed by atoms with Crippen molar-refractivity contribution >= 4 is 21.4 Å². The lowest BCUT2D eigenvalue weighted by Crippen LogP contribution is -2.38. The van der Waals surface area contributed by atoms with Gasteiger partial charge in [-0.2, -0.15) is 0 Å².